The van der Waals surface area contributed by atoms with Gasteiger partial charge in [-0.15, -0.1) is 0 Å². The maximum atomic E-state index is 4.29. The molecule has 1 heterocycles. The minimum Gasteiger partial charge on any atom is -0.355 e. The molecular formula is C18H25N5. The highest BCUT2D eigenvalue weighted by atomic mass is 15.2. The first-order valence-electron chi connectivity index (χ1n) is 7.85. The van der Waals surface area contributed by atoms with E-state index in [1.165, 1.54) is 5.56 Å². The highest BCUT2D eigenvalue weighted by Crippen LogP contribution is 2.01. The quantitative estimate of drug-likeness (QED) is 0.605. The van der Waals surface area contributed by atoms with Crippen molar-refractivity contribution in [2.24, 2.45) is 4.99 Å². The summed E-state index contributed by atoms with van der Waals surface area (Å²) in [6.07, 6.45) is 1.80. The van der Waals surface area contributed by atoms with Gasteiger partial charge in [-0.2, -0.15) is 0 Å². The van der Waals surface area contributed by atoms with Gasteiger partial charge in [-0.1, -0.05) is 36.4 Å². The van der Waals surface area contributed by atoms with Gasteiger partial charge in [-0.25, -0.2) is 0 Å². The molecule has 0 bridgehead atoms. The molecule has 0 radical (unpaired) electrons. The molecule has 5 heteroatoms. The summed E-state index contributed by atoms with van der Waals surface area (Å²) in [6.45, 7) is 3.40. The van der Waals surface area contributed by atoms with Crippen molar-refractivity contribution in [1.29, 1.82) is 0 Å². The molecule has 23 heavy (non-hydrogen) atoms. The Hall–Kier alpha value is -2.40. The van der Waals surface area contributed by atoms with Crippen LogP contribution in [-0.4, -0.2) is 43.0 Å². The first-order valence-corrected chi connectivity index (χ1v) is 7.85. The number of pyridine rings is 1. The summed E-state index contributed by atoms with van der Waals surface area (Å²) in [5.74, 6) is 0.795. The van der Waals surface area contributed by atoms with E-state index >= 15 is 0 Å². The number of likely N-dealkylation sites (N-methyl/N-ethyl adjacent to an activating group) is 1. The number of rotatable bonds is 7. The van der Waals surface area contributed by atoms with Crippen LogP contribution in [0.3, 0.4) is 0 Å². The first kappa shape index (κ1) is 17.0. The van der Waals surface area contributed by atoms with Crippen LogP contribution in [0.15, 0.2) is 59.7 Å². The van der Waals surface area contributed by atoms with E-state index in [2.05, 4.69) is 56.8 Å². The lowest BCUT2D eigenvalue weighted by atomic mass is 10.2. The van der Waals surface area contributed by atoms with Gasteiger partial charge in [0.05, 0.1) is 12.2 Å². The lowest BCUT2D eigenvalue weighted by molar-refractivity contribution is 0.331. The van der Waals surface area contributed by atoms with E-state index in [1.807, 2.05) is 24.3 Å². The molecule has 0 saturated heterocycles. The highest BCUT2D eigenvalue weighted by Gasteiger charge is 2.02. The molecule has 0 fully saturated rings. The highest BCUT2D eigenvalue weighted by molar-refractivity contribution is 5.79. The molecular weight excluding hydrogens is 286 g/mol. The van der Waals surface area contributed by atoms with Gasteiger partial charge in [-0.3, -0.25) is 9.98 Å². The number of aromatic nitrogens is 1. The van der Waals surface area contributed by atoms with Crippen molar-refractivity contribution in [3.63, 3.8) is 0 Å². The Labute approximate surface area is 138 Å². The zero-order chi connectivity index (χ0) is 16.3. The molecule has 0 aliphatic carbocycles. The van der Waals surface area contributed by atoms with Crippen molar-refractivity contribution >= 4 is 5.96 Å². The van der Waals surface area contributed by atoms with E-state index in [-0.39, 0.29) is 0 Å². The second kappa shape index (κ2) is 9.58. The average Bonchev–Trinajstić information content (AvgIpc) is 2.59. The smallest absolute Gasteiger partial charge is 0.191 e. The Bertz CT molecular complexity index is 583. The molecule has 0 spiro atoms. The Morgan fingerprint density at radius 3 is 2.57 bits per heavy atom. The number of benzene rings is 1. The van der Waals surface area contributed by atoms with Crippen molar-refractivity contribution in [1.82, 2.24) is 20.5 Å². The summed E-state index contributed by atoms with van der Waals surface area (Å²) < 4.78 is 0. The van der Waals surface area contributed by atoms with Crippen molar-refractivity contribution in [2.75, 3.05) is 27.2 Å². The molecule has 0 amide bonds. The van der Waals surface area contributed by atoms with E-state index in [1.54, 1.807) is 13.2 Å². The molecule has 1 aromatic carbocycles. The minimum absolute atomic E-state index is 0.667. The topological polar surface area (TPSA) is 52.6 Å². The third kappa shape index (κ3) is 6.48. The second-order valence-electron chi connectivity index (χ2n) is 5.40. The largest absolute Gasteiger partial charge is 0.355 e. The van der Waals surface area contributed by atoms with Gasteiger partial charge >= 0.3 is 0 Å². The zero-order valence-electron chi connectivity index (χ0n) is 13.9. The van der Waals surface area contributed by atoms with Crippen LogP contribution in [0, 0.1) is 0 Å². The van der Waals surface area contributed by atoms with Crippen LogP contribution >= 0.6 is 0 Å². The maximum Gasteiger partial charge on any atom is 0.191 e. The van der Waals surface area contributed by atoms with E-state index in [0.717, 1.165) is 31.3 Å². The summed E-state index contributed by atoms with van der Waals surface area (Å²) in [4.78, 5) is 10.8. The standard InChI is InChI=1S/C18H25N5/c1-19-18(22-14-17-10-6-7-11-20-17)21-12-13-23(2)15-16-8-4-3-5-9-16/h3-11H,12-15H2,1-2H3,(H2,19,21,22). The number of hydrogen-bond donors (Lipinski definition) is 2. The number of aliphatic imine (C=N–C) groups is 1. The summed E-state index contributed by atoms with van der Waals surface area (Å²) >= 11 is 0. The molecule has 0 unspecified atom stereocenters. The third-order valence-corrected chi connectivity index (χ3v) is 3.47. The number of nitrogens with one attached hydrogen (secondary N) is 2. The summed E-state index contributed by atoms with van der Waals surface area (Å²) in [5.41, 5.74) is 2.32. The van der Waals surface area contributed by atoms with Crippen LogP contribution in [0.5, 0.6) is 0 Å². The fourth-order valence-corrected chi connectivity index (χ4v) is 2.24. The van der Waals surface area contributed by atoms with Gasteiger partial charge < -0.3 is 15.5 Å². The summed E-state index contributed by atoms with van der Waals surface area (Å²) in [6, 6.07) is 16.4. The summed E-state index contributed by atoms with van der Waals surface area (Å²) in [5, 5.41) is 6.59. The molecule has 0 atom stereocenters. The predicted molar refractivity (Wildman–Crippen MR) is 95.2 cm³/mol. The molecule has 2 rings (SSSR count). The van der Waals surface area contributed by atoms with Crippen molar-refractivity contribution in [2.45, 2.75) is 13.1 Å². The van der Waals surface area contributed by atoms with Crippen molar-refractivity contribution < 1.29 is 0 Å². The van der Waals surface area contributed by atoms with Gasteiger partial charge in [-0.05, 0) is 24.7 Å². The predicted octanol–water partition coefficient (Wildman–Crippen LogP) is 1.88. The average molecular weight is 311 g/mol. The molecule has 122 valence electrons. The molecule has 0 saturated carbocycles. The zero-order valence-corrected chi connectivity index (χ0v) is 13.9. The lowest BCUT2D eigenvalue weighted by Gasteiger charge is -2.18. The van der Waals surface area contributed by atoms with Gasteiger partial charge in [0.1, 0.15) is 0 Å². The van der Waals surface area contributed by atoms with Crippen LogP contribution < -0.4 is 10.6 Å². The van der Waals surface area contributed by atoms with Crippen LogP contribution in [0.25, 0.3) is 0 Å². The minimum atomic E-state index is 0.667. The van der Waals surface area contributed by atoms with Gasteiger partial charge in [0.2, 0.25) is 0 Å². The fourth-order valence-electron chi connectivity index (χ4n) is 2.24. The van der Waals surface area contributed by atoms with Crippen LogP contribution in [0.2, 0.25) is 0 Å². The Morgan fingerprint density at radius 1 is 1.09 bits per heavy atom. The number of hydrogen-bond acceptors (Lipinski definition) is 3. The van der Waals surface area contributed by atoms with Crippen molar-refractivity contribution in [3.05, 3.63) is 66.0 Å². The van der Waals surface area contributed by atoms with Crippen LogP contribution in [0.4, 0.5) is 0 Å². The molecule has 0 aliphatic rings. The number of nitrogens with zero attached hydrogens (tertiary/aromatic N) is 3. The van der Waals surface area contributed by atoms with E-state index in [9.17, 15) is 0 Å². The van der Waals surface area contributed by atoms with Crippen molar-refractivity contribution in [3.8, 4) is 0 Å². The molecule has 0 aliphatic heterocycles. The van der Waals surface area contributed by atoms with Gasteiger partial charge in [0.25, 0.3) is 0 Å². The normalized spacial score (nSPS) is 11.5. The van der Waals surface area contributed by atoms with E-state index < -0.39 is 0 Å². The monoisotopic (exact) mass is 311 g/mol. The molecule has 2 aromatic rings. The SMILES string of the molecule is CN=C(NCCN(C)Cc1ccccc1)NCc1ccccn1. The third-order valence-electron chi connectivity index (χ3n) is 3.47. The lowest BCUT2D eigenvalue weighted by Crippen LogP contribution is -2.40. The molecule has 1 aromatic heterocycles. The first-order chi connectivity index (χ1) is 11.3. The van der Waals surface area contributed by atoms with Crippen LogP contribution in [-0.2, 0) is 13.1 Å². The van der Waals surface area contributed by atoms with E-state index in [0.29, 0.717) is 6.54 Å². The maximum absolute atomic E-state index is 4.29. The molecule has 5 nitrogen and oxygen atoms in total. The van der Waals surface area contributed by atoms with Gasteiger partial charge in [0, 0.05) is 32.9 Å². The Kier molecular flexibility index (Phi) is 7.07. The van der Waals surface area contributed by atoms with Crippen LogP contribution in [0.1, 0.15) is 11.3 Å². The second-order valence-corrected chi connectivity index (χ2v) is 5.40. The Balaban J connectivity index is 1.67. The van der Waals surface area contributed by atoms with E-state index in [4.69, 9.17) is 0 Å². The molecule has 2 N–H and O–H groups in total. The van der Waals surface area contributed by atoms with Gasteiger partial charge in [0.15, 0.2) is 5.96 Å². The fraction of sp³-hybridized carbons (Fsp3) is 0.333. The number of guanidine groups is 1. The Morgan fingerprint density at radius 2 is 1.87 bits per heavy atom. The summed E-state index contributed by atoms with van der Waals surface area (Å²) in [7, 11) is 3.90.